The molecule has 0 aliphatic carbocycles. The lowest BCUT2D eigenvalue weighted by Crippen LogP contribution is -2.26. The summed E-state index contributed by atoms with van der Waals surface area (Å²) in [5.41, 5.74) is 1.18. The second-order valence-electron chi connectivity index (χ2n) is 4.11. The monoisotopic (exact) mass is 225 g/mol. The SMILES string of the molecule is COc1cc2c(cc1Cl)NC(=O)C2(C)C. The molecule has 1 aliphatic heterocycles. The maximum absolute atomic E-state index is 11.7. The number of methoxy groups -OCH3 is 1. The minimum atomic E-state index is -0.521. The number of ether oxygens (including phenoxy) is 1. The van der Waals surface area contributed by atoms with E-state index in [4.69, 9.17) is 16.3 Å². The van der Waals surface area contributed by atoms with Crippen molar-refractivity contribution in [1.82, 2.24) is 0 Å². The van der Waals surface area contributed by atoms with Gasteiger partial charge in [-0.25, -0.2) is 0 Å². The van der Waals surface area contributed by atoms with E-state index in [1.165, 1.54) is 0 Å². The van der Waals surface area contributed by atoms with Crippen LogP contribution in [-0.4, -0.2) is 13.0 Å². The first-order valence-electron chi connectivity index (χ1n) is 4.66. The molecule has 1 aromatic carbocycles. The molecule has 0 spiro atoms. The molecule has 1 N–H and O–H groups in total. The van der Waals surface area contributed by atoms with Crippen LogP contribution in [0.4, 0.5) is 5.69 Å². The number of fused-ring (bicyclic) bond motifs is 1. The molecule has 4 heteroatoms. The van der Waals surface area contributed by atoms with E-state index in [1.54, 1.807) is 13.2 Å². The van der Waals surface area contributed by atoms with E-state index in [1.807, 2.05) is 19.9 Å². The van der Waals surface area contributed by atoms with Gasteiger partial charge in [-0.05, 0) is 31.5 Å². The van der Waals surface area contributed by atoms with Gasteiger partial charge in [-0.1, -0.05) is 11.6 Å². The Morgan fingerprint density at radius 1 is 1.40 bits per heavy atom. The number of carbonyl (C=O) groups excluding carboxylic acids is 1. The molecule has 0 aromatic heterocycles. The molecule has 0 atom stereocenters. The molecule has 1 amide bonds. The normalized spacial score (nSPS) is 17.2. The topological polar surface area (TPSA) is 38.3 Å². The lowest BCUT2D eigenvalue weighted by Gasteiger charge is -2.15. The standard InChI is InChI=1S/C11H12ClNO2/c1-11(2)6-4-9(15-3)7(12)5-8(6)13-10(11)14/h4-5H,1-3H3,(H,13,14). The number of hydrogen-bond acceptors (Lipinski definition) is 2. The van der Waals surface area contributed by atoms with Gasteiger partial charge in [0.1, 0.15) is 5.75 Å². The predicted octanol–water partition coefficient (Wildman–Crippen LogP) is 2.58. The summed E-state index contributed by atoms with van der Waals surface area (Å²) in [6.07, 6.45) is 0. The molecule has 0 saturated carbocycles. The fraction of sp³-hybridized carbons (Fsp3) is 0.364. The summed E-state index contributed by atoms with van der Waals surface area (Å²) in [5.74, 6) is 0.585. The summed E-state index contributed by atoms with van der Waals surface area (Å²) in [4.78, 5) is 11.7. The predicted molar refractivity (Wildman–Crippen MR) is 59.7 cm³/mol. The number of nitrogens with one attached hydrogen (secondary N) is 1. The second kappa shape index (κ2) is 3.14. The number of rotatable bonds is 1. The van der Waals surface area contributed by atoms with Crippen molar-refractivity contribution in [3.05, 3.63) is 22.7 Å². The third-order valence-electron chi connectivity index (χ3n) is 2.78. The van der Waals surface area contributed by atoms with Crippen LogP contribution in [0.1, 0.15) is 19.4 Å². The molecule has 0 unspecified atom stereocenters. The Hall–Kier alpha value is -1.22. The molecular weight excluding hydrogens is 214 g/mol. The summed E-state index contributed by atoms with van der Waals surface area (Å²) >= 11 is 5.97. The number of anilines is 1. The average Bonchev–Trinajstić information content (AvgIpc) is 2.37. The number of benzene rings is 1. The van der Waals surface area contributed by atoms with Crippen molar-refractivity contribution in [2.75, 3.05) is 12.4 Å². The van der Waals surface area contributed by atoms with E-state index in [0.29, 0.717) is 10.8 Å². The lowest BCUT2D eigenvalue weighted by molar-refractivity contribution is -0.119. The van der Waals surface area contributed by atoms with Crippen molar-refractivity contribution in [3.63, 3.8) is 0 Å². The molecule has 0 radical (unpaired) electrons. The molecule has 0 fully saturated rings. The second-order valence-corrected chi connectivity index (χ2v) is 4.52. The van der Waals surface area contributed by atoms with Gasteiger partial charge in [-0.15, -0.1) is 0 Å². The zero-order valence-electron chi connectivity index (χ0n) is 8.85. The molecule has 0 bridgehead atoms. The zero-order chi connectivity index (χ0) is 11.2. The smallest absolute Gasteiger partial charge is 0.234 e. The molecule has 3 nitrogen and oxygen atoms in total. The largest absolute Gasteiger partial charge is 0.495 e. The highest BCUT2D eigenvalue weighted by atomic mass is 35.5. The molecular formula is C11H12ClNO2. The van der Waals surface area contributed by atoms with Crippen LogP contribution < -0.4 is 10.1 Å². The van der Waals surface area contributed by atoms with Crippen LogP contribution in [-0.2, 0) is 10.2 Å². The summed E-state index contributed by atoms with van der Waals surface area (Å²) < 4.78 is 5.13. The van der Waals surface area contributed by atoms with Crippen molar-refractivity contribution in [2.45, 2.75) is 19.3 Å². The molecule has 1 heterocycles. The molecule has 1 aromatic rings. The fourth-order valence-electron chi connectivity index (χ4n) is 1.73. The minimum absolute atomic E-state index is 0.0122. The van der Waals surface area contributed by atoms with E-state index < -0.39 is 5.41 Å². The van der Waals surface area contributed by atoms with Crippen LogP contribution in [0.2, 0.25) is 5.02 Å². The number of carbonyl (C=O) groups is 1. The molecule has 80 valence electrons. The highest BCUT2D eigenvalue weighted by Crippen LogP contribution is 2.42. The van der Waals surface area contributed by atoms with Crippen LogP contribution in [0.3, 0.4) is 0 Å². The van der Waals surface area contributed by atoms with Crippen molar-refractivity contribution in [1.29, 1.82) is 0 Å². The Morgan fingerprint density at radius 3 is 2.67 bits per heavy atom. The molecule has 1 aliphatic rings. The summed E-state index contributed by atoms with van der Waals surface area (Å²) in [6, 6.07) is 3.54. The van der Waals surface area contributed by atoms with Gasteiger partial charge in [0.05, 0.1) is 17.5 Å². The van der Waals surface area contributed by atoms with Crippen molar-refractivity contribution < 1.29 is 9.53 Å². The Labute approximate surface area is 93.4 Å². The Balaban J connectivity index is 2.62. The lowest BCUT2D eigenvalue weighted by atomic mass is 9.86. The third kappa shape index (κ3) is 1.38. The number of halogens is 1. The zero-order valence-corrected chi connectivity index (χ0v) is 9.61. The van der Waals surface area contributed by atoms with Crippen molar-refractivity contribution >= 4 is 23.2 Å². The van der Waals surface area contributed by atoms with Gasteiger partial charge in [0.2, 0.25) is 5.91 Å². The van der Waals surface area contributed by atoms with Gasteiger partial charge in [0.25, 0.3) is 0 Å². The van der Waals surface area contributed by atoms with Crippen molar-refractivity contribution in [2.24, 2.45) is 0 Å². The van der Waals surface area contributed by atoms with Gasteiger partial charge in [-0.2, -0.15) is 0 Å². The van der Waals surface area contributed by atoms with Gasteiger partial charge in [0.15, 0.2) is 0 Å². The Bertz CT molecular complexity index is 440. The minimum Gasteiger partial charge on any atom is -0.495 e. The molecule has 15 heavy (non-hydrogen) atoms. The van der Waals surface area contributed by atoms with E-state index in [2.05, 4.69) is 5.32 Å². The maximum Gasteiger partial charge on any atom is 0.234 e. The van der Waals surface area contributed by atoms with Crippen molar-refractivity contribution in [3.8, 4) is 5.75 Å². The first kappa shape index (κ1) is 10.3. The van der Waals surface area contributed by atoms with Crippen LogP contribution in [0.5, 0.6) is 5.75 Å². The highest BCUT2D eigenvalue weighted by Gasteiger charge is 2.39. The van der Waals surface area contributed by atoms with Gasteiger partial charge < -0.3 is 10.1 Å². The van der Waals surface area contributed by atoms with E-state index >= 15 is 0 Å². The van der Waals surface area contributed by atoms with Crippen LogP contribution in [0.15, 0.2) is 12.1 Å². The molecule has 0 saturated heterocycles. The average molecular weight is 226 g/mol. The van der Waals surface area contributed by atoms with Gasteiger partial charge in [-0.3, -0.25) is 4.79 Å². The maximum atomic E-state index is 11.7. The van der Waals surface area contributed by atoms with Gasteiger partial charge in [0, 0.05) is 5.69 Å². The van der Waals surface area contributed by atoms with E-state index in [-0.39, 0.29) is 5.91 Å². The summed E-state index contributed by atoms with van der Waals surface area (Å²) in [7, 11) is 1.56. The summed E-state index contributed by atoms with van der Waals surface area (Å²) in [5, 5.41) is 3.31. The number of hydrogen-bond donors (Lipinski definition) is 1. The fourth-order valence-corrected chi connectivity index (χ4v) is 1.97. The van der Waals surface area contributed by atoms with Crippen LogP contribution >= 0.6 is 11.6 Å². The Kier molecular flexibility index (Phi) is 2.15. The first-order valence-corrected chi connectivity index (χ1v) is 5.04. The number of amides is 1. The third-order valence-corrected chi connectivity index (χ3v) is 3.08. The van der Waals surface area contributed by atoms with E-state index in [9.17, 15) is 4.79 Å². The van der Waals surface area contributed by atoms with Crippen LogP contribution in [0.25, 0.3) is 0 Å². The molecule has 2 rings (SSSR count). The quantitative estimate of drug-likeness (QED) is 0.798. The Morgan fingerprint density at radius 2 is 2.07 bits per heavy atom. The van der Waals surface area contributed by atoms with E-state index in [0.717, 1.165) is 11.3 Å². The highest BCUT2D eigenvalue weighted by molar-refractivity contribution is 6.32. The first-order chi connectivity index (χ1) is 6.96. The van der Waals surface area contributed by atoms with Crippen LogP contribution in [0, 0.1) is 0 Å². The van der Waals surface area contributed by atoms with Gasteiger partial charge >= 0.3 is 0 Å². The summed E-state index contributed by atoms with van der Waals surface area (Å²) in [6.45, 7) is 3.75.